The molecule has 4 aromatic heterocycles. The molecule has 8 rings (SSSR count). The Morgan fingerprint density at radius 2 is 0.948 bits per heavy atom. The normalized spacial score (nSPS) is 11.3. The van der Waals surface area contributed by atoms with E-state index in [-0.39, 0.29) is 24.5 Å². The molecule has 0 N–H and O–H groups in total. The van der Waals surface area contributed by atoms with Gasteiger partial charge in [-0.05, 0) is 117 Å². The molecule has 0 aliphatic rings. The molecule has 20 heteroatoms. The van der Waals surface area contributed by atoms with Crippen LogP contribution in [0.5, 0.6) is 0 Å². The molecule has 0 unspecified atom stereocenters. The third-order valence-corrected chi connectivity index (χ3v) is 11.8. The first-order valence-electron chi connectivity index (χ1n) is 17.7. The Morgan fingerprint density at radius 3 is 1.31 bits per heavy atom. The molecule has 0 amide bonds. The number of nitrogens with zero attached hydrogens (tertiary/aromatic N) is 14. The van der Waals surface area contributed by atoms with E-state index in [2.05, 4.69) is 56.8 Å². The van der Waals surface area contributed by atoms with E-state index in [1.807, 2.05) is 47.5 Å². The first-order chi connectivity index (χ1) is 28.0. The molecule has 0 bridgehead atoms. The van der Waals surface area contributed by atoms with Gasteiger partial charge in [0, 0.05) is 24.3 Å². The molecule has 290 valence electrons. The average Bonchev–Trinajstić information content (AvgIpc) is 4.04. The fourth-order valence-electron chi connectivity index (χ4n) is 5.91. The zero-order chi connectivity index (χ0) is 40.5. The summed E-state index contributed by atoms with van der Waals surface area (Å²) in [5, 5.41) is 60.0. The highest BCUT2D eigenvalue weighted by molar-refractivity contribution is 8.76. The standard InChI is InChI=1S/C38H32N14O4S2/c1-23-5-11-31(17-25(23)3)49-37(33(19-39-49)35-41-45-47(43-35)21-27-7-13-29(14-8-27)51(53)54)57-58-38-34(20-40-50(38)32-12-6-24(2)26(4)18-32)36-42-46-48(44-36)22-28-9-15-30(16-10-28)52(55)56/h5-20H,21-22H2,1-4H3. The molecule has 0 aliphatic carbocycles. The Kier molecular flexibility index (Phi) is 10.3. The molecule has 18 nitrogen and oxygen atoms in total. The van der Waals surface area contributed by atoms with Crippen LogP contribution in [0.1, 0.15) is 33.4 Å². The molecular weight excluding hydrogens is 781 g/mol. The van der Waals surface area contributed by atoms with E-state index in [1.165, 1.54) is 55.4 Å². The highest BCUT2D eigenvalue weighted by Crippen LogP contribution is 2.46. The maximum absolute atomic E-state index is 11.1. The topological polar surface area (TPSA) is 209 Å². The van der Waals surface area contributed by atoms with Crippen molar-refractivity contribution in [1.82, 2.24) is 60.0 Å². The number of benzene rings is 4. The molecule has 4 heterocycles. The van der Waals surface area contributed by atoms with Crippen LogP contribution in [0.4, 0.5) is 11.4 Å². The second kappa shape index (κ2) is 15.8. The van der Waals surface area contributed by atoms with E-state index in [0.29, 0.717) is 22.8 Å². The first kappa shape index (κ1) is 37.8. The van der Waals surface area contributed by atoms with E-state index in [4.69, 9.17) is 10.2 Å². The summed E-state index contributed by atoms with van der Waals surface area (Å²) in [5.41, 5.74) is 8.99. The van der Waals surface area contributed by atoms with Crippen molar-refractivity contribution in [2.45, 2.75) is 50.8 Å². The highest BCUT2D eigenvalue weighted by Gasteiger charge is 2.24. The second-order valence-corrected chi connectivity index (χ2v) is 15.5. The third kappa shape index (κ3) is 7.82. The van der Waals surface area contributed by atoms with Crippen molar-refractivity contribution in [2.75, 3.05) is 0 Å². The van der Waals surface area contributed by atoms with Gasteiger partial charge in [-0.3, -0.25) is 20.2 Å². The summed E-state index contributed by atoms with van der Waals surface area (Å²) < 4.78 is 3.68. The molecule has 4 aromatic carbocycles. The maximum atomic E-state index is 11.1. The number of rotatable bonds is 13. The number of aromatic nitrogens is 12. The summed E-state index contributed by atoms with van der Waals surface area (Å²) >= 11 is 0. The predicted molar refractivity (Wildman–Crippen MR) is 216 cm³/mol. The Labute approximate surface area is 337 Å². The largest absolute Gasteiger partial charge is 0.269 e. The SMILES string of the molecule is Cc1ccc(-n2ncc(-c3nnn(Cc4ccc([N+](=O)[O-])cc4)n3)c2SSc2c(-c3nnn(Cc4ccc([N+](=O)[O-])cc4)n3)cnn2-c2ccc(C)c(C)c2)cc1C. The first-order valence-corrected chi connectivity index (χ1v) is 19.8. The number of aryl methyl sites for hydroxylation is 4. The average molecular weight is 813 g/mol. The van der Waals surface area contributed by atoms with Crippen molar-refractivity contribution in [1.29, 1.82) is 0 Å². The molecule has 0 saturated heterocycles. The van der Waals surface area contributed by atoms with Gasteiger partial charge in [0.15, 0.2) is 0 Å². The smallest absolute Gasteiger partial charge is 0.258 e. The van der Waals surface area contributed by atoms with Crippen LogP contribution in [-0.2, 0) is 13.1 Å². The molecule has 0 radical (unpaired) electrons. The summed E-state index contributed by atoms with van der Waals surface area (Å²) in [6.07, 6.45) is 3.41. The Balaban J connectivity index is 1.15. The summed E-state index contributed by atoms with van der Waals surface area (Å²) in [5.74, 6) is 0.692. The molecular formula is C38H32N14O4S2. The van der Waals surface area contributed by atoms with E-state index in [1.54, 1.807) is 36.7 Å². The minimum atomic E-state index is -0.442. The predicted octanol–water partition coefficient (Wildman–Crippen LogP) is 7.31. The lowest BCUT2D eigenvalue weighted by Gasteiger charge is -2.12. The Hall–Kier alpha value is -7.06. The quantitative estimate of drug-likeness (QED) is 0.0635. The molecule has 0 fully saturated rings. The van der Waals surface area contributed by atoms with Crippen LogP contribution >= 0.6 is 21.6 Å². The van der Waals surface area contributed by atoms with Gasteiger partial charge in [0.05, 0.1) is 57.8 Å². The van der Waals surface area contributed by atoms with E-state index in [0.717, 1.165) is 54.8 Å². The summed E-state index contributed by atoms with van der Waals surface area (Å²) in [6.45, 7) is 8.71. The van der Waals surface area contributed by atoms with Crippen LogP contribution in [0.3, 0.4) is 0 Å². The number of nitro groups is 2. The van der Waals surface area contributed by atoms with E-state index < -0.39 is 9.85 Å². The van der Waals surface area contributed by atoms with Crippen LogP contribution in [0, 0.1) is 47.9 Å². The van der Waals surface area contributed by atoms with Crippen LogP contribution in [0.15, 0.2) is 107 Å². The maximum Gasteiger partial charge on any atom is 0.269 e. The Morgan fingerprint density at radius 1 is 0.552 bits per heavy atom. The number of non-ortho nitro benzene ring substituents is 2. The summed E-state index contributed by atoms with van der Waals surface area (Å²) in [6, 6.07) is 24.7. The molecule has 8 aromatic rings. The van der Waals surface area contributed by atoms with Gasteiger partial charge in [0.25, 0.3) is 11.4 Å². The van der Waals surface area contributed by atoms with Gasteiger partial charge in [-0.1, -0.05) is 36.4 Å². The van der Waals surface area contributed by atoms with Gasteiger partial charge in [-0.2, -0.15) is 19.8 Å². The van der Waals surface area contributed by atoms with Crippen molar-refractivity contribution in [2.24, 2.45) is 0 Å². The Bertz CT molecular complexity index is 2620. The van der Waals surface area contributed by atoms with Gasteiger partial charge >= 0.3 is 0 Å². The van der Waals surface area contributed by atoms with Crippen LogP contribution < -0.4 is 0 Å². The fraction of sp³-hybridized carbons (Fsp3) is 0.158. The van der Waals surface area contributed by atoms with Crippen molar-refractivity contribution in [3.05, 3.63) is 151 Å². The van der Waals surface area contributed by atoms with Gasteiger partial charge < -0.3 is 0 Å². The summed E-state index contributed by atoms with van der Waals surface area (Å²) in [4.78, 5) is 24.3. The van der Waals surface area contributed by atoms with Gasteiger partial charge in [-0.15, -0.1) is 20.4 Å². The number of nitro benzene ring substituents is 2. The van der Waals surface area contributed by atoms with Crippen molar-refractivity contribution in [3.63, 3.8) is 0 Å². The van der Waals surface area contributed by atoms with Crippen LogP contribution in [0.2, 0.25) is 0 Å². The molecule has 58 heavy (non-hydrogen) atoms. The number of hydrogen-bond acceptors (Lipinski definition) is 14. The lowest BCUT2D eigenvalue weighted by Crippen LogP contribution is -2.04. The van der Waals surface area contributed by atoms with E-state index >= 15 is 0 Å². The second-order valence-electron chi connectivity index (χ2n) is 13.4. The molecule has 0 saturated carbocycles. The van der Waals surface area contributed by atoms with Crippen molar-refractivity contribution in [3.8, 4) is 34.2 Å². The minimum absolute atomic E-state index is 0.00133. The third-order valence-electron chi connectivity index (χ3n) is 9.45. The van der Waals surface area contributed by atoms with Crippen molar-refractivity contribution < 1.29 is 9.85 Å². The van der Waals surface area contributed by atoms with Crippen molar-refractivity contribution >= 4 is 33.0 Å². The van der Waals surface area contributed by atoms with Gasteiger partial charge in [-0.25, -0.2) is 9.36 Å². The molecule has 0 atom stereocenters. The van der Waals surface area contributed by atoms with Crippen LogP contribution in [-0.4, -0.2) is 69.8 Å². The fourth-order valence-corrected chi connectivity index (χ4v) is 8.42. The summed E-state index contributed by atoms with van der Waals surface area (Å²) in [7, 11) is 2.86. The lowest BCUT2D eigenvalue weighted by atomic mass is 10.1. The van der Waals surface area contributed by atoms with E-state index in [9.17, 15) is 20.2 Å². The monoisotopic (exact) mass is 812 g/mol. The van der Waals surface area contributed by atoms with Gasteiger partial charge in [0.1, 0.15) is 10.1 Å². The van der Waals surface area contributed by atoms with Gasteiger partial charge in [0.2, 0.25) is 11.6 Å². The molecule has 0 aliphatic heterocycles. The molecule has 0 spiro atoms. The zero-order valence-corrected chi connectivity index (χ0v) is 33.0. The zero-order valence-electron chi connectivity index (χ0n) is 31.4. The minimum Gasteiger partial charge on any atom is -0.258 e. The lowest BCUT2D eigenvalue weighted by molar-refractivity contribution is -0.385. The van der Waals surface area contributed by atoms with Crippen LogP contribution in [0.25, 0.3) is 34.2 Å². The number of tetrazole rings is 2. The highest BCUT2D eigenvalue weighted by atomic mass is 33.1. The number of hydrogen-bond donors (Lipinski definition) is 0.